The highest BCUT2D eigenvalue weighted by molar-refractivity contribution is 5.94. The maximum atomic E-state index is 12.1. The van der Waals surface area contributed by atoms with Crippen molar-refractivity contribution >= 4 is 11.6 Å². The lowest BCUT2D eigenvalue weighted by atomic mass is 10.1. The molecule has 4 N–H and O–H groups in total. The largest absolute Gasteiger partial charge is 0.364 e. The van der Waals surface area contributed by atoms with E-state index in [1.165, 1.54) is 0 Å². The van der Waals surface area contributed by atoms with Crippen LogP contribution in [0.3, 0.4) is 0 Å². The number of hydrogen-bond acceptors (Lipinski definition) is 4. The number of rotatable bonds is 4. The molecule has 0 spiro atoms. The zero-order chi connectivity index (χ0) is 14.7. The molecule has 2 heterocycles. The average Bonchev–Trinajstić information content (AvgIpc) is 3.19. The quantitative estimate of drug-likeness (QED) is 0.794. The molecule has 1 fully saturated rings. The normalized spacial score (nSPS) is 21.4. The van der Waals surface area contributed by atoms with Gasteiger partial charge in [0.1, 0.15) is 6.10 Å². The first kappa shape index (κ1) is 13.8. The first-order chi connectivity index (χ1) is 10.3. The monoisotopic (exact) mass is 286 g/mol. The Balaban J connectivity index is 1.62. The van der Waals surface area contributed by atoms with Gasteiger partial charge in [-0.1, -0.05) is 12.1 Å². The summed E-state index contributed by atoms with van der Waals surface area (Å²) in [5.74, 6) is -0.111. The summed E-state index contributed by atoms with van der Waals surface area (Å²) in [6.07, 6.45) is 2.87. The van der Waals surface area contributed by atoms with E-state index in [4.69, 9.17) is 10.5 Å². The number of amides is 1. The summed E-state index contributed by atoms with van der Waals surface area (Å²) in [6, 6.07) is 9.49. The molecular formula is C15H18N4O2. The zero-order valence-corrected chi connectivity index (χ0v) is 11.6. The highest BCUT2D eigenvalue weighted by Gasteiger charge is 2.29. The van der Waals surface area contributed by atoms with Crippen LogP contribution in [-0.2, 0) is 9.53 Å². The highest BCUT2D eigenvalue weighted by atomic mass is 16.5. The summed E-state index contributed by atoms with van der Waals surface area (Å²) in [5.41, 5.74) is 8.26. The second kappa shape index (κ2) is 6.07. The fourth-order valence-electron chi connectivity index (χ4n) is 2.44. The van der Waals surface area contributed by atoms with Crippen molar-refractivity contribution in [2.75, 3.05) is 11.9 Å². The van der Waals surface area contributed by atoms with E-state index in [9.17, 15) is 4.79 Å². The van der Waals surface area contributed by atoms with E-state index >= 15 is 0 Å². The van der Waals surface area contributed by atoms with Crippen LogP contribution in [0.25, 0.3) is 11.3 Å². The highest BCUT2D eigenvalue weighted by Crippen LogP contribution is 2.22. The summed E-state index contributed by atoms with van der Waals surface area (Å²) in [5, 5.41) is 9.69. The van der Waals surface area contributed by atoms with Gasteiger partial charge in [0.25, 0.3) is 5.91 Å². The van der Waals surface area contributed by atoms with Crippen LogP contribution in [-0.4, -0.2) is 34.9 Å². The van der Waals surface area contributed by atoms with Crippen LogP contribution in [0.2, 0.25) is 0 Å². The summed E-state index contributed by atoms with van der Waals surface area (Å²) in [4.78, 5) is 12.1. The van der Waals surface area contributed by atoms with E-state index in [1.54, 1.807) is 6.20 Å². The molecule has 1 aromatic carbocycles. The van der Waals surface area contributed by atoms with Gasteiger partial charge in [-0.2, -0.15) is 5.10 Å². The Kier molecular flexibility index (Phi) is 3.98. The van der Waals surface area contributed by atoms with Gasteiger partial charge in [0, 0.05) is 18.4 Å². The van der Waals surface area contributed by atoms with Crippen LogP contribution < -0.4 is 11.1 Å². The molecule has 1 aromatic heterocycles. The Hall–Kier alpha value is -2.18. The molecule has 110 valence electrons. The summed E-state index contributed by atoms with van der Waals surface area (Å²) in [7, 11) is 0. The second-order valence-electron chi connectivity index (χ2n) is 5.10. The number of H-pyrrole nitrogens is 1. The number of hydrogen-bond donors (Lipinski definition) is 3. The van der Waals surface area contributed by atoms with E-state index in [-0.39, 0.29) is 12.0 Å². The number of nitrogens with one attached hydrogen (secondary N) is 2. The molecule has 2 unspecified atom stereocenters. The molecule has 0 bridgehead atoms. The molecular weight excluding hydrogens is 268 g/mol. The Morgan fingerprint density at radius 3 is 2.76 bits per heavy atom. The Morgan fingerprint density at radius 2 is 2.14 bits per heavy atom. The predicted molar refractivity (Wildman–Crippen MR) is 79.6 cm³/mol. The molecule has 6 heteroatoms. The number of ether oxygens (including phenoxy) is 1. The van der Waals surface area contributed by atoms with Crippen molar-refractivity contribution in [3.63, 3.8) is 0 Å². The van der Waals surface area contributed by atoms with Crippen LogP contribution in [0.5, 0.6) is 0 Å². The number of aromatic nitrogens is 2. The van der Waals surface area contributed by atoms with Crippen LogP contribution in [0.1, 0.15) is 12.8 Å². The molecule has 0 saturated carbocycles. The van der Waals surface area contributed by atoms with Gasteiger partial charge >= 0.3 is 0 Å². The molecule has 1 aliphatic rings. The van der Waals surface area contributed by atoms with E-state index in [0.29, 0.717) is 6.54 Å². The van der Waals surface area contributed by atoms with Gasteiger partial charge in [-0.05, 0) is 36.6 Å². The first-order valence-corrected chi connectivity index (χ1v) is 7.02. The van der Waals surface area contributed by atoms with Crippen molar-refractivity contribution in [3.05, 3.63) is 36.5 Å². The van der Waals surface area contributed by atoms with Crippen molar-refractivity contribution in [2.45, 2.75) is 25.0 Å². The number of anilines is 1. The molecule has 0 aliphatic carbocycles. The average molecular weight is 286 g/mol. The zero-order valence-electron chi connectivity index (χ0n) is 11.6. The van der Waals surface area contributed by atoms with Crippen molar-refractivity contribution < 1.29 is 9.53 Å². The minimum absolute atomic E-state index is 0.00324. The molecule has 1 amide bonds. The maximum absolute atomic E-state index is 12.1. The Labute approximate surface area is 122 Å². The van der Waals surface area contributed by atoms with E-state index in [0.717, 1.165) is 29.8 Å². The van der Waals surface area contributed by atoms with Crippen molar-refractivity contribution in [1.82, 2.24) is 10.2 Å². The SMILES string of the molecule is NCC1CCC(C(=O)Nc2ccc(-c3ccn[nH]3)cc2)O1. The summed E-state index contributed by atoms with van der Waals surface area (Å²) in [6.45, 7) is 0.461. The van der Waals surface area contributed by atoms with Gasteiger partial charge in [-0.3, -0.25) is 9.89 Å². The number of carbonyl (C=O) groups is 1. The van der Waals surface area contributed by atoms with E-state index in [2.05, 4.69) is 15.5 Å². The van der Waals surface area contributed by atoms with Crippen LogP contribution in [0.4, 0.5) is 5.69 Å². The first-order valence-electron chi connectivity index (χ1n) is 7.02. The van der Waals surface area contributed by atoms with E-state index in [1.807, 2.05) is 30.3 Å². The minimum atomic E-state index is -0.397. The Morgan fingerprint density at radius 1 is 1.33 bits per heavy atom. The fraction of sp³-hybridized carbons (Fsp3) is 0.333. The number of aromatic amines is 1. The third kappa shape index (κ3) is 3.12. The lowest BCUT2D eigenvalue weighted by Gasteiger charge is -2.12. The molecule has 3 rings (SSSR count). The number of nitrogens with two attached hydrogens (primary N) is 1. The standard InChI is InChI=1S/C15H18N4O2/c16-9-12-5-6-14(21-12)15(20)18-11-3-1-10(2-4-11)13-7-8-17-19-13/h1-4,7-8,12,14H,5-6,9,16H2,(H,17,19)(H,18,20). The fourth-order valence-corrected chi connectivity index (χ4v) is 2.44. The van der Waals surface area contributed by atoms with Gasteiger partial charge in [0.2, 0.25) is 0 Å². The molecule has 0 radical (unpaired) electrons. The minimum Gasteiger partial charge on any atom is -0.364 e. The number of benzene rings is 1. The third-order valence-corrected chi connectivity index (χ3v) is 3.63. The van der Waals surface area contributed by atoms with Crippen molar-refractivity contribution in [3.8, 4) is 11.3 Å². The molecule has 1 aliphatic heterocycles. The molecule has 1 saturated heterocycles. The summed E-state index contributed by atoms with van der Waals surface area (Å²) < 4.78 is 5.58. The summed E-state index contributed by atoms with van der Waals surface area (Å²) >= 11 is 0. The van der Waals surface area contributed by atoms with Crippen LogP contribution >= 0.6 is 0 Å². The van der Waals surface area contributed by atoms with Crippen LogP contribution in [0.15, 0.2) is 36.5 Å². The van der Waals surface area contributed by atoms with Gasteiger partial charge in [-0.25, -0.2) is 0 Å². The van der Waals surface area contributed by atoms with Crippen molar-refractivity contribution in [1.29, 1.82) is 0 Å². The van der Waals surface area contributed by atoms with Gasteiger partial charge in [-0.15, -0.1) is 0 Å². The molecule has 6 nitrogen and oxygen atoms in total. The lowest BCUT2D eigenvalue weighted by Crippen LogP contribution is -2.29. The smallest absolute Gasteiger partial charge is 0.253 e. The predicted octanol–water partition coefficient (Wildman–Crippen LogP) is 1.52. The second-order valence-corrected chi connectivity index (χ2v) is 5.10. The van der Waals surface area contributed by atoms with Gasteiger partial charge < -0.3 is 15.8 Å². The number of nitrogens with zero attached hydrogens (tertiary/aromatic N) is 1. The van der Waals surface area contributed by atoms with Crippen molar-refractivity contribution in [2.24, 2.45) is 5.73 Å². The third-order valence-electron chi connectivity index (χ3n) is 3.63. The van der Waals surface area contributed by atoms with E-state index < -0.39 is 6.10 Å². The number of carbonyl (C=O) groups excluding carboxylic acids is 1. The molecule has 2 aromatic rings. The maximum Gasteiger partial charge on any atom is 0.253 e. The van der Waals surface area contributed by atoms with Gasteiger partial charge in [0.15, 0.2) is 0 Å². The Bertz CT molecular complexity index is 595. The topological polar surface area (TPSA) is 93.0 Å². The van der Waals surface area contributed by atoms with Gasteiger partial charge in [0.05, 0.1) is 11.8 Å². The lowest BCUT2D eigenvalue weighted by molar-refractivity contribution is -0.126. The van der Waals surface area contributed by atoms with Crippen LogP contribution in [0, 0.1) is 0 Å². The molecule has 2 atom stereocenters. The molecule has 21 heavy (non-hydrogen) atoms.